The molecule has 0 radical (unpaired) electrons. The Hall–Kier alpha value is -2.02. The minimum Gasteiger partial charge on any atom is -0.497 e. The smallest absolute Gasteiger partial charge is 0.255 e. The van der Waals surface area contributed by atoms with Gasteiger partial charge in [-0.25, -0.2) is 0 Å². The molecular formula is C15H18BrN3O3. The van der Waals surface area contributed by atoms with Gasteiger partial charge in [-0.3, -0.25) is 9.48 Å². The van der Waals surface area contributed by atoms with Gasteiger partial charge >= 0.3 is 0 Å². The van der Waals surface area contributed by atoms with Gasteiger partial charge in [-0.1, -0.05) is 0 Å². The molecule has 0 bridgehead atoms. The van der Waals surface area contributed by atoms with E-state index in [1.54, 1.807) is 30.0 Å². The number of halogens is 1. The van der Waals surface area contributed by atoms with Gasteiger partial charge in [0, 0.05) is 18.8 Å². The van der Waals surface area contributed by atoms with Crippen LogP contribution in [0.25, 0.3) is 0 Å². The van der Waals surface area contributed by atoms with Crippen LogP contribution in [0, 0.1) is 0 Å². The summed E-state index contributed by atoms with van der Waals surface area (Å²) in [6.45, 7) is 3.12. The molecule has 2 rings (SSSR count). The molecule has 2 aromatic rings. The standard InChI is InChI=1S/C15H18BrN3O3/c1-4-19-9-12(16)13(18-19)8-17-15(20)11-6-5-10(21-2)7-14(11)22-3/h5-7,9H,4,8H2,1-3H3,(H,17,20). The molecule has 0 saturated carbocycles. The number of carbonyl (C=O) groups is 1. The summed E-state index contributed by atoms with van der Waals surface area (Å²) in [6.07, 6.45) is 1.88. The average Bonchev–Trinajstić information content (AvgIpc) is 2.92. The van der Waals surface area contributed by atoms with Crippen molar-refractivity contribution >= 4 is 21.8 Å². The molecule has 1 amide bonds. The number of carbonyl (C=O) groups excluding carboxylic acids is 1. The topological polar surface area (TPSA) is 65.4 Å². The lowest BCUT2D eigenvalue weighted by molar-refractivity contribution is 0.0947. The Labute approximate surface area is 137 Å². The van der Waals surface area contributed by atoms with E-state index in [-0.39, 0.29) is 5.91 Å². The van der Waals surface area contributed by atoms with E-state index in [4.69, 9.17) is 9.47 Å². The largest absolute Gasteiger partial charge is 0.497 e. The van der Waals surface area contributed by atoms with Crippen molar-refractivity contribution < 1.29 is 14.3 Å². The van der Waals surface area contributed by atoms with E-state index < -0.39 is 0 Å². The van der Waals surface area contributed by atoms with Gasteiger partial charge in [0.2, 0.25) is 0 Å². The highest BCUT2D eigenvalue weighted by Gasteiger charge is 2.14. The molecule has 0 atom stereocenters. The quantitative estimate of drug-likeness (QED) is 0.851. The third-order valence-electron chi connectivity index (χ3n) is 3.18. The first kappa shape index (κ1) is 16.4. The lowest BCUT2D eigenvalue weighted by Gasteiger charge is -2.10. The number of methoxy groups -OCH3 is 2. The molecule has 0 aliphatic heterocycles. The van der Waals surface area contributed by atoms with E-state index in [2.05, 4.69) is 26.3 Å². The predicted molar refractivity (Wildman–Crippen MR) is 86.3 cm³/mol. The summed E-state index contributed by atoms with van der Waals surface area (Å²) in [5, 5.41) is 7.21. The minimum absolute atomic E-state index is 0.225. The molecule has 1 N–H and O–H groups in total. The number of ether oxygens (including phenoxy) is 2. The van der Waals surface area contributed by atoms with Crippen LogP contribution in [0.2, 0.25) is 0 Å². The molecule has 6 nitrogen and oxygen atoms in total. The van der Waals surface area contributed by atoms with Crippen molar-refractivity contribution in [2.75, 3.05) is 14.2 Å². The Kier molecular flexibility index (Phi) is 5.43. The maximum absolute atomic E-state index is 12.3. The molecule has 0 spiro atoms. The highest BCUT2D eigenvalue weighted by Crippen LogP contribution is 2.24. The fourth-order valence-electron chi connectivity index (χ4n) is 1.96. The Morgan fingerprint density at radius 1 is 1.36 bits per heavy atom. The number of rotatable bonds is 6. The summed E-state index contributed by atoms with van der Waals surface area (Å²) >= 11 is 3.44. The summed E-state index contributed by atoms with van der Waals surface area (Å²) < 4.78 is 13.0. The van der Waals surface area contributed by atoms with E-state index in [1.807, 2.05) is 13.1 Å². The first-order valence-corrected chi connectivity index (χ1v) is 7.60. The summed E-state index contributed by atoms with van der Waals surface area (Å²) in [4.78, 5) is 12.3. The molecule has 22 heavy (non-hydrogen) atoms. The number of hydrogen-bond donors (Lipinski definition) is 1. The van der Waals surface area contributed by atoms with Crippen LogP contribution in [-0.2, 0) is 13.1 Å². The first-order chi connectivity index (χ1) is 10.6. The number of aromatic nitrogens is 2. The van der Waals surface area contributed by atoms with Crippen molar-refractivity contribution in [2.24, 2.45) is 0 Å². The number of nitrogens with zero attached hydrogens (tertiary/aromatic N) is 2. The number of aryl methyl sites for hydroxylation is 1. The highest BCUT2D eigenvalue weighted by atomic mass is 79.9. The highest BCUT2D eigenvalue weighted by molar-refractivity contribution is 9.10. The Morgan fingerprint density at radius 3 is 2.73 bits per heavy atom. The van der Waals surface area contributed by atoms with E-state index in [0.717, 1.165) is 16.7 Å². The van der Waals surface area contributed by atoms with Gasteiger partial charge in [0.1, 0.15) is 11.5 Å². The van der Waals surface area contributed by atoms with Gasteiger partial charge in [0.15, 0.2) is 0 Å². The molecule has 7 heteroatoms. The molecule has 0 aliphatic rings. The Bertz CT molecular complexity index is 670. The van der Waals surface area contributed by atoms with E-state index in [9.17, 15) is 4.79 Å². The van der Waals surface area contributed by atoms with Crippen LogP contribution in [0.4, 0.5) is 0 Å². The lowest BCUT2D eigenvalue weighted by Crippen LogP contribution is -2.23. The Balaban J connectivity index is 2.10. The van der Waals surface area contributed by atoms with Gasteiger partial charge in [-0.2, -0.15) is 5.10 Å². The second-order valence-electron chi connectivity index (χ2n) is 4.53. The Morgan fingerprint density at radius 2 is 2.14 bits per heavy atom. The third kappa shape index (κ3) is 3.59. The summed E-state index contributed by atoms with van der Waals surface area (Å²) in [5.74, 6) is 0.880. The summed E-state index contributed by atoms with van der Waals surface area (Å²) in [5.41, 5.74) is 1.23. The van der Waals surface area contributed by atoms with Crippen molar-refractivity contribution in [3.8, 4) is 11.5 Å². The monoisotopic (exact) mass is 367 g/mol. The van der Waals surface area contributed by atoms with Gasteiger partial charge in [-0.15, -0.1) is 0 Å². The molecule has 0 fully saturated rings. The molecule has 0 saturated heterocycles. The van der Waals surface area contributed by atoms with Gasteiger partial charge in [-0.05, 0) is 35.0 Å². The second-order valence-corrected chi connectivity index (χ2v) is 5.38. The van der Waals surface area contributed by atoms with E-state index in [1.165, 1.54) is 7.11 Å². The molecule has 118 valence electrons. The van der Waals surface area contributed by atoms with Crippen LogP contribution in [0.1, 0.15) is 23.0 Å². The minimum atomic E-state index is -0.225. The van der Waals surface area contributed by atoms with Gasteiger partial charge < -0.3 is 14.8 Å². The van der Waals surface area contributed by atoms with Crippen molar-refractivity contribution in [3.05, 3.63) is 40.1 Å². The zero-order valence-corrected chi connectivity index (χ0v) is 14.3. The molecule has 0 unspecified atom stereocenters. The third-order valence-corrected chi connectivity index (χ3v) is 3.84. The first-order valence-electron chi connectivity index (χ1n) is 6.81. The van der Waals surface area contributed by atoms with E-state index in [0.29, 0.717) is 23.6 Å². The second kappa shape index (κ2) is 7.31. The average molecular weight is 368 g/mol. The summed E-state index contributed by atoms with van der Waals surface area (Å²) in [6, 6.07) is 5.07. The zero-order chi connectivity index (χ0) is 16.1. The normalized spacial score (nSPS) is 10.4. The molecule has 1 heterocycles. The number of hydrogen-bond acceptors (Lipinski definition) is 4. The molecule has 0 aliphatic carbocycles. The maximum atomic E-state index is 12.3. The van der Waals surface area contributed by atoms with Crippen LogP contribution >= 0.6 is 15.9 Å². The van der Waals surface area contributed by atoms with Crippen LogP contribution in [0.15, 0.2) is 28.9 Å². The van der Waals surface area contributed by atoms with Crippen LogP contribution in [-0.4, -0.2) is 29.9 Å². The van der Waals surface area contributed by atoms with Crippen LogP contribution in [0.3, 0.4) is 0 Å². The van der Waals surface area contributed by atoms with Crippen molar-refractivity contribution in [1.29, 1.82) is 0 Å². The maximum Gasteiger partial charge on any atom is 0.255 e. The van der Waals surface area contributed by atoms with Gasteiger partial charge in [0.25, 0.3) is 5.91 Å². The predicted octanol–water partition coefficient (Wildman–Crippen LogP) is 2.61. The van der Waals surface area contributed by atoms with Crippen LogP contribution < -0.4 is 14.8 Å². The molecule has 1 aromatic heterocycles. The fraction of sp³-hybridized carbons (Fsp3) is 0.333. The van der Waals surface area contributed by atoms with Crippen molar-refractivity contribution in [1.82, 2.24) is 15.1 Å². The lowest BCUT2D eigenvalue weighted by atomic mass is 10.1. The summed E-state index contributed by atoms with van der Waals surface area (Å²) in [7, 11) is 3.08. The number of benzene rings is 1. The zero-order valence-electron chi connectivity index (χ0n) is 12.7. The fourth-order valence-corrected chi connectivity index (χ4v) is 2.42. The van der Waals surface area contributed by atoms with E-state index >= 15 is 0 Å². The van der Waals surface area contributed by atoms with Crippen molar-refractivity contribution in [2.45, 2.75) is 20.0 Å². The van der Waals surface area contributed by atoms with Crippen LogP contribution in [0.5, 0.6) is 11.5 Å². The molecule has 1 aromatic carbocycles. The SMILES string of the molecule is CCn1cc(Br)c(CNC(=O)c2ccc(OC)cc2OC)n1. The van der Waals surface area contributed by atoms with Crippen molar-refractivity contribution in [3.63, 3.8) is 0 Å². The molecular weight excluding hydrogens is 350 g/mol. The number of amides is 1. The number of nitrogens with one attached hydrogen (secondary N) is 1. The van der Waals surface area contributed by atoms with Gasteiger partial charge in [0.05, 0.1) is 36.5 Å².